The Balaban J connectivity index is 2.42. The first-order valence-corrected chi connectivity index (χ1v) is 5.73. The minimum Gasteiger partial charge on any atom is -0.307 e. The molecule has 0 saturated carbocycles. The van der Waals surface area contributed by atoms with E-state index in [1.807, 2.05) is 13.1 Å². The van der Waals surface area contributed by atoms with E-state index in [-0.39, 0.29) is 6.04 Å². The molecule has 17 heavy (non-hydrogen) atoms. The van der Waals surface area contributed by atoms with Crippen LogP contribution in [0.1, 0.15) is 28.6 Å². The van der Waals surface area contributed by atoms with Crippen LogP contribution in [0, 0.1) is 13.8 Å². The number of benzene rings is 1. The van der Waals surface area contributed by atoms with Gasteiger partial charge in [-0.05, 0) is 32.5 Å². The highest BCUT2D eigenvalue weighted by Gasteiger charge is 2.14. The van der Waals surface area contributed by atoms with E-state index < -0.39 is 0 Å². The van der Waals surface area contributed by atoms with Gasteiger partial charge in [-0.2, -0.15) is 0 Å². The molecule has 0 aliphatic carbocycles. The second-order valence-electron chi connectivity index (χ2n) is 4.25. The van der Waals surface area contributed by atoms with Crippen LogP contribution in [-0.2, 0) is 0 Å². The Labute approximate surface area is 102 Å². The Morgan fingerprint density at radius 3 is 2.12 bits per heavy atom. The molecule has 1 unspecified atom stereocenters. The van der Waals surface area contributed by atoms with Gasteiger partial charge in [0.15, 0.2) is 0 Å². The number of aryl methyl sites for hydroxylation is 2. The minimum atomic E-state index is 0.0507. The van der Waals surface area contributed by atoms with Crippen LogP contribution in [0.25, 0.3) is 0 Å². The van der Waals surface area contributed by atoms with Crippen LogP contribution in [0.4, 0.5) is 0 Å². The molecule has 0 spiro atoms. The molecule has 0 amide bonds. The van der Waals surface area contributed by atoms with Crippen molar-refractivity contribution >= 4 is 0 Å². The Bertz CT molecular complexity index is 474. The smallest absolute Gasteiger partial charge is 0.149 e. The highest BCUT2D eigenvalue weighted by Crippen LogP contribution is 2.20. The summed E-state index contributed by atoms with van der Waals surface area (Å²) in [5.74, 6) is 0.806. The van der Waals surface area contributed by atoms with E-state index >= 15 is 0 Å². The van der Waals surface area contributed by atoms with Gasteiger partial charge in [0.2, 0.25) is 0 Å². The van der Waals surface area contributed by atoms with E-state index in [2.05, 4.69) is 47.3 Å². The molecule has 1 aromatic heterocycles. The topological polar surface area (TPSA) is 37.8 Å². The fraction of sp³-hybridized carbons (Fsp3) is 0.286. The van der Waals surface area contributed by atoms with Gasteiger partial charge in [-0.25, -0.2) is 9.97 Å². The minimum absolute atomic E-state index is 0.0507. The summed E-state index contributed by atoms with van der Waals surface area (Å²) in [6.45, 7) is 4.21. The predicted molar refractivity (Wildman–Crippen MR) is 68.9 cm³/mol. The number of nitrogens with zero attached hydrogens (tertiary/aromatic N) is 2. The van der Waals surface area contributed by atoms with Gasteiger partial charge in [-0.3, -0.25) is 0 Å². The van der Waals surface area contributed by atoms with E-state index in [1.54, 1.807) is 12.4 Å². The Morgan fingerprint density at radius 2 is 1.59 bits per heavy atom. The van der Waals surface area contributed by atoms with Crippen molar-refractivity contribution in [1.29, 1.82) is 0 Å². The summed E-state index contributed by atoms with van der Waals surface area (Å²) < 4.78 is 0. The van der Waals surface area contributed by atoms with Crippen molar-refractivity contribution in [3.05, 3.63) is 59.2 Å². The summed E-state index contributed by atoms with van der Waals surface area (Å²) >= 11 is 0. The van der Waals surface area contributed by atoms with Gasteiger partial charge in [-0.1, -0.05) is 29.3 Å². The van der Waals surface area contributed by atoms with E-state index in [4.69, 9.17) is 0 Å². The molecular formula is C14H17N3. The van der Waals surface area contributed by atoms with Crippen LogP contribution in [0.3, 0.4) is 0 Å². The molecule has 1 atom stereocenters. The van der Waals surface area contributed by atoms with Gasteiger partial charge in [0, 0.05) is 12.4 Å². The Kier molecular flexibility index (Phi) is 3.49. The molecule has 0 aliphatic rings. The third-order valence-electron chi connectivity index (χ3n) is 2.71. The molecular weight excluding hydrogens is 210 g/mol. The standard InChI is InChI=1S/C14H17N3/c1-10-7-11(2)9-12(8-10)13(15-3)14-16-5-4-6-17-14/h4-9,13,15H,1-3H3. The summed E-state index contributed by atoms with van der Waals surface area (Å²) in [4.78, 5) is 8.62. The van der Waals surface area contributed by atoms with E-state index in [0.29, 0.717) is 0 Å². The third-order valence-corrected chi connectivity index (χ3v) is 2.71. The van der Waals surface area contributed by atoms with Crippen LogP contribution in [0.15, 0.2) is 36.7 Å². The number of aromatic nitrogens is 2. The van der Waals surface area contributed by atoms with Gasteiger partial charge in [0.25, 0.3) is 0 Å². The fourth-order valence-corrected chi connectivity index (χ4v) is 2.08. The van der Waals surface area contributed by atoms with Crippen molar-refractivity contribution in [2.24, 2.45) is 0 Å². The van der Waals surface area contributed by atoms with Gasteiger partial charge in [-0.15, -0.1) is 0 Å². The second kappa shape index (κ2) is 5.06. The van der Waals surface area contributed by atoms with Crippen molar-refractivity contribution in [3.8, 4) is 0 Å². The number of nitrogens with one attached hydrogen (secondary N) is 1. The number of hydrogen-bond donors (Lipinski definition) is 1. The van der Waals surface area contributed by atoms with E-state index in [1.165, 1.54) is 16.7 Å². The van der Waals surface area contributed by atoms with Crippen molar-refractivity contribution in [3.63, 3.8) is 0 Å². The number of rotatable bonds is 3. The SMILES string of the molecule is CNC(c1cc(C)cc(C)c1)c1ncccn1. The average molecular weight is 227 g/mol. The van der Waals surface area contributed by atoms with Gasteiger partial charge in [0.05, 0.1) is 6.04 Å². The molecule has 0 bridgehead atoms. The lowest BCUT2D eigenvalue weighted by Crippen LogP contribution is -2.20. The number of hydrogen-bond acceptors (Lipinski definition) is 3. The maximum absolute atomic E-state index is 4.31. The second-order valence-corrected chi connectivity index (χ2v) is 4.25. The van der Waals surface area contributed by atoms with Crippen molar-refractivity contribution in [2.75, 3.05) is 7.05 Å². The zero-order valence-electron chi connectivity index (χ0n) is 10.4. The maximum atomic E-state index is 4.31. The first-order valence-electron chi connectivity index (χ1n) is 5.73. The van der Waals surface area contributed by atoms with E-state index in [0.717, 1.165) is 5.82 Å². The van der Waals surface area contributed by atoms with Gasteiger partial charge in [0.1, 0.15) is 5.82 Å². The van der Waals surface area contributed by atoms with Crippen LogP contribution in [0.5, 0.6) is 0 Å². The summed E-state index contributed by atoms with van der Waals surface area (Å²) in [5, 5.41) is 3.26. The molecule has 1 aromatic carbocycles. The molecule has 3 heteroatoms. The van der Waals surface area contributed by atoms with E-state index in [9.17, 15) is 0 Å². The lowest BCUT2D eigenvalue weighted by atomic mass is 10.0. The molecule has 0 aliphatic heterocycles. The van der Waals surface area contributed by atoms with Crippen molar-refractivity contribution in [2.45, 2.75) is 19.9 Å². The Hall–Kier alpha value is -1.74. The maximum Gasteiger partial charge on any atom is 0.149 e. The molecule has 2 rings (SSSR count). The highest BCUT2D eigenvalue weighted by molar-refractivity contribution is 5.33. The van der Waals surface area contributed by atoms with Crippen LogP contribution >= 0.6 is 0 Å². The predicted octanol–water partition coefficient (Wildman–Crippen LogP) is 2.40. The monoisotopic (exact) mass is 227 g/mol. The van der Waals surface area contributed by atoms with Gasteiger partial charge < -0.3 is 5.32 Å². The first-order chi connectivity index (χ1) is 8.20. The lowest BCUT2D eigenvalue weighted by molar-refractivity contribution is 0.645. The Morgan fingerprint density at radius 1 is 1.00 bits per heavy atom. The summed E-state index contributed by atoms with van der Waals surface area (Å²) in [6, 6.07) is 8.39. The lowest BCUT2D eigenvalue weighted by Gasteiger charge is -2.16. The molecule has 2 aromatic rings. The highest BCUT2D eigenvalue weighted by atomic mass is 15.0. The van der Waals surface area contributed by atoms with Crippen molar-refractivity contribution in [1.82, 2.24) is 15.3 Å². The van der Waals surface area contributed by atoms with Crippen LogP contribution < -0.4 is 5.32 Å². The molecule has 1 heterocycles. The van der Waals surface area contributed by atoms with Crippen LogP contribution in [-0.4, -0.2) is 17.0 Å². The van der Waals surface area contributed by atoms with Gasteiger partial charge >= 0.3 is 0 Å². The molecule has 3 nitrogen and oxygen atoms in total. The normalized spacial score (nSPS) is 12.4. The van der Waals surface area contributed by atoms with Crippen molar-refractivity contribution < 1.29 is 0 Å². The molecule has 88 valence electrons. The molecule has 0 fully saturated rings. The third kappa shape index (κ3) is 2.68. The summed E-state index contributed by atoms with van der Waals surface area (Å²) in [7, 11) is 1.93. The van der Waals surface area contributed by atoms with Crippen LogP contribution in [0.2, 0.25) is 0 Å². The largest absolute Gasteiger partial charge is 0.307 e. The average Bonchev–Trinajstić information content (AvgIpc) is 2.30. The fourth-order valence-electron chi connectivity index (χ4n) is 2.08. The summed E-state index contributed by atoms with van der Waals surface area (Å²) in [5.41, 5.74) is 3.73. The molecule has 1 N–H and O–H groups in total. The first kappa shape index (κ1) is 11.7. The molecule has 0 radical (unpaired) electrons. The quantitative estimate of drug-likeness (QED) is 0.875. The zero-order chi connectivity index (χ0) is 12.3. The zero-order valence-corrected chi connectivity index (χ0v) is 10.4. The summed E-state index contributed by atoms with van der Waals surface area (Å²) in [6.07, 6.45) is 3.55. The molecule has 0 saturated heterocycles.